The van der Waals surface area contributed by atoms with E-state index in [0.29, 0.717) is 5.91 Å². The first kappa shape index (κ1) is 16.9. The van der Waals surface area contributed by atoms with Crippen LogP contribution in [-0.4, -0.2) is 23.9 Å². The largest absolute Gasteiger partial charge is 0.343 e. The van der Waals surface area contributed by atoms with Crippen LogP contribution in [0, 0.1) is 0 Å². The van der Waals surface area contributed by atoms with Gasteiger partial charge in [0.05, 0.1) is 0 Å². The van der Waals surface area contributed by atoms with Gasteiger partial charge in [-0.3, -0.25) is 4.79 Å². The molecule has 0 N–H and O–H groups in total. The fourth-order valence-electron chi connectivity index (χ4n) is 1.45. The van der Waals surface area contributed by atoms with Crippen molar-refractivity contribution >= 4 is 5.91 Å². The molecule has 0 aromatic heterocycles. The van der Waals surface area contributed by atoms with Crippen LogP contribution in [0.15, 0.2) is 0 Å². The summed E-state index contributed by atoms with van der Waals surface area (Å²) in [6.07, 6.45) is 5.35. The Morgan fingerprint density at radius 1 is 1.07 bits per heavy atom. The number of hydrogen-bond acceptors (Lipinski definition) is 1. The average molecular weight is 215 g/mol. The van der Waals surface area contributed by atoms with E-state index in [0.717, 1.165) is 32.4 Å². The number of rotatable bonds is 3. The first-order valence-electron chi connectivity index (χ1n) is 6.62. The topological polar surface area (TPSA) is 20.3 Å². The molecule has 1 saturated heterocycles. The smallest absolute Gasteiger partial charge is 0.222 e. The van der Waals surface area contributed by atoms with Crippen molar-refractivity contribution in [2.24, 2.45) is 0 Å². The van der Waals surface area contributed by atoms with Gasteiger partial charge in [0.15, 0.2) is 0 Å². The molecule has 1 fully saturated rings. The number of hydrogen-bond donors (Lipinski definition) is 0. The van der Waals surface area contributed by atoms with Gasteiger partial charge in [-0.1, -0.05) is 41.0 Å². The third-order valence-corrected chi connectivity index (χ3v) is 2.20. The van der Waals surface area contributed by atoms with Crippen molar-refractivity contribution in [1.82, 2.24) is 4.90 Å². The summed E-state index contributed by atoms with van der Waals surface area (Å²) in [4.78, 5) is 13.3. The van der Waals surface area contributed by atoms with Crippen molar-refractivity contribution in [3.05, 3.63) is 0 Å². The molecule has 0 atom stereocenters. The van der Waals surface area contributed by atoms with Gasteiger partial charge < -0.3 is 4.90 Å². The maximum atomic E-state index is 11.3. The minimum Gasteiger partial charge on any atom is -0.343 e. The molecule has 0 aromatic rings. The van der Waals surface area contributed by atoms with Crippen molar-refractivity contribution in [3.8, 4) is 0 Å². The lowest BCUT2D eigenvalue weighted by molar-refractivity contribution is -0.130. The van der Waals surface area contributed by atoms with E-state index in [1.807, 2.05) is 32.6 Å². The quantitative estimate of drug-likeness (QED) is 0.700. The number of amides is 1. The highest BCUT2D eigenvalue weighted by molar-refractivity contribution is 5.76. The van der Waals surface area contributed by atoms with Crippen molar-refractivity contribution in [2.45, 2.75) is 66.7 Å². The van der Waals surface area contributed by atoms with Gasteiger partial charge in [-0.15, -0.1) is 0 Å². The number of nitrogens with zero attached hydrogens (tertiary/aromatic N) is 1. The Morgan fingerprint density at radius 3 is 1.93 bits per heavy atom. The van der Waals surface area contributed by atoms with Crippen LogP contribution in [0.25, 0.3) is 0 Å². The van der Waals surface area contributed by atoms with E-state index in [1.165, 1.54) is 12.8 Å². The Kier molecular flexibility index (Phi) is 15.2. The van der Waals surface area contributed by atoms with Gasteiger partial charge in [0.2, 0.25) is 5.91 Å². The summed E-state index contributed by atoms with van der Waals surface area (Å²) < 4.78 is 0. The summed E-state index contributed by atoms with van der Waals surface area (Å²) in [5.41, 5.74) is 0. The molecule has 0 aromatic carbocycles. The molecule has 0 spiro atoms. The second-order valence-electron chi connectivity index (χ2n) is 3.19. The van der Waals surface area contributed by atoms with Gasteiger partial charge >= 0.3 is 0 Å². The molecule has 1 amide bonds. The fraction of sp³-hybridized carbons (Fsp3) is 0.923. The Morgan fingerprint density at radius 2 is 1.53 bits per heavy atom. The van der Waals surface area contributed by atoms with E-state index in [-0.39, 0.29) is 0 Å². The molecule has 2 nitrogen and oxygen atoms in total. The minimum absolute atomic E-state index is 0.365. The van der Waals surface area contributed by atoms with Gasteiger partial charge in [-0.25, -0.2) is 0 Å². The molecule has 1 aliphatic rings. The SMILES string of the molecule is CC.CC.CCCCC(=O)N1CCCC1. The Balaban J connectivity index is 0. The highest BCUT2D eigenvalue weighted by atomic mass is 16.2. The number of carbonyl (C=O) groups is 1. The summed E-state index contributed by atoms with van der Waals surface area (Å²) in [6, 6.07) is 0. The van der Waals surface area contributed by atoms with Crippen LogP contribution < -0.4 is 0 Å². The predicted molar refractivity (Wildman–Crippen MR) is 68.0 cm³/mol. The van der Waals surface area contributed by atoms with Crippen LogP contribution in [0.4, 0.5) is 0 Å². The summed E-state index contributed by atoms with van der Waals surface area (Å²) in [7, 11) is 0. The Hall–Kier alpha value is -0.530. The highest BCUT2D eigenvalue weighted by Gasteiger charge is 2.16. The van der Waals surface area contributed by atoms with Gasteiger partial charge in [-0.05, 0) is 19.3 Å². The zero-order chi connectivity index (χ0) is 12.1. The van der Waals surface area contributed by atoms with Crippen LogP contribution in [0.2, 0.25) is 0 Å². The monoisotopic (exact) mass is 215 g/mol. The van der Waals surface area contributed by atoms with Crippen molar-refractivity contribution < 1.29 is 4.79 Å². The third kappa shape index (κ3) is 8.46. The maximum absolute atomic E-state index is 11.3. The lowest BCUT2D eigenvalue weighted by Crippen LogP contribution is -2.27. The molecule has 0 radical (unpaired) electrons. The summed E-state index contributed by atoms with van der Waals surface area (Å²) >= 11 is 0. The third-order valence-electron chi connectivity index (χ3n) is 2.20. The zero-order valence-electron chi connectivity index (χ0n) is 11.3. The van der Waals surface area contributed by atoms with Gasteiger partial charge in [0, 0.05) is 19.5 Å². The van der Waals surface area contributed by atoms with Gasteiger partial charge in [0.1, 0.15) is 0 Å². The van der Waals surface area contributed by atoms with Crippen molar-refractivity contribution in [2.75, 3.05) is 13.1 Å². The maximum Gasteiger partial charge on any atom is 0.222 e. The van der Waals surface area contributed by atoms with Crippen LogP contribution in [-0.2, 0) is 4.79 Å². The molecule has 15 heavy (non-hydrogen) atoms. The predicted octanol–water partition coefficient (Wildman–Crippen LogP) is 3.85. The fourth-order valence-corrected chi connectivity index (χ4v) is 1.45. The molecule has 1 aliphatic heterocycles. The summed E-state index contributed by atoms with van der Waals surface area (Å²) in [6.45, 7) is 12.1. The number of unbranched alkanes of at least 4 members (excludes halogenated alkanes) is 1. The number of carbonyl (C=O) groups excluding carboxylic acids is 1. The molecule has 1 heterocycles. The van der Waals surface area contributed by atoms with E-state index < -0.39 is 0 Å². The van der Waals surface area contributed by atoms with E-state index in [1.54, 1.807) is 0 Å². The molecule has 2 heteroatoms. The standard InChI is InChI=1S/C9H17NO.2C2H6/c1-2-3-6-9(11)10-7-4-5-8-10;2*1-2/h2-8H2,1H3;2*1-2H3. The van der Waals surface area contributed by atoms with Crippen LogP contribution >= 0.6 is 0 Å². The lowest BCUT2D eigenvalue weighted by Gasteiger charge is -2.14. The number of likely N-dealkylation sites (tertiary alicyclic amines) is 1. The van der Waals surface area contributed by atoms with Crippen LogP contribution in [0.3, 0.4) is 0 Å². The molecule has 0 saturated carbocycles. The van der Waals surface area contributed by atoms with Crippen LogP contribution in [0.1, 0.15) is 66.7 Å². The lowest BCUT2D eigenvalue weighted by atomic mass is 10.2. The average Bonchev–Trinajstić information content (AvgIpc) is 2.85. The van der Waals surface area contributed by atoms with E-state index >= 15 is 0 Å². The second kappa shape index (κ2) is 13.5. The summed E-state index contributed by atoms with van der Waals surface area (Å²) in [5, 5.41) is 0. The molecular weight excluding hydrogens is 186 g/mol. The second-order valence-corrected chi connectivity index (χ2v) is 3.19. The molecule has 0 aliphatic carbocycles. The van der Waals surface area contributed by atoms with Gasteiger partial charge in [0.25, 0.3) is 0 Å². The zero-order valence-corrected chi connectivity index (χ0v) is 11.3. The highest BCUT2D eigenvalue weighted by Crippen LogP contribution is 2.10. The first-order valence-corrected chi connectivity index (χ1v) is 6.62. The van der Waals surface area contributed by atoms with E-state index in [4.69, 9.17) is 0 Å². The first-order chi connectivity index (χ1) is 7.34. The van der Waals surface area contributed by atoms with E-state index in [9.17, 15) is 4.79 Å². The van der Waals surface area contributed by atoms with Crippen molar-refractivity contribution in [1.29, 1.82) is 0 Å². The Bertz CT molecular complexity index is 128. The van der Waals surface area contributed by atoms with Crippen molar-refractivity contribution in [3.63, 3.8) is 0 Å². The molecular formula is C13H29NO. The minimum atomic E-state index is 0.365. The molecule has 0 unspecified atom stereocenters. The van der Waals surface area contributed by atoms with Gasteiger partial charge in [-0.2, -0.15) is 0 Å². The molecule has 0 bridgehead atoms. The van der Waals surface area contributed by atoms with E-state index in [2.05, 4.69) is 6.92 Å². The molecule has 1 rings (SSSR count). The van der Waals surface area contributed by atoms with Crippen LogP contribution in [0.5, 0.6) is 0 Å². The normalized spacial score (nSPS) is 13.5. The summed E-state index contributed by atoms with van der Waals surface area (Å²) in [5.74, 6) is 0.365. The Labute approximate surface area is 96.0 Å². The molecule has 92 valence electrons.